The maximum Gasteiger partial charge on any atom is 0.322 e. The Balaban J connectivity index is 1.79. The summed E-state index contributed by atoms with van der Waals surface area (Å²) in [6, 6.07) is 0.400. The van der Waals surface area contributed by atoms with Crippen LogP contribution in [0, 0.1) is 0 Å². The maximum atomic E-state index is 10.6. The molecule has 10 heteroatoms. The molecule has 2 saturated heterocycles. The van der Waals surface area contributed by atoms with E-state index >= 15 is 0 Å². The fraction of sp³-hybridized carbons (Fsp3) is 0.864. The summed E-state index contributed by atoms with van der Waals surface area (Å²) in [5, 5.41) is 28.1. The molecule has 3 rings (SSSR count). The van der Waals surface area contributed by atoms with Crippen molar-refractivity contribution in [2.24, 2.45) is 0 Å². The summed E-state index contributed by atoms with van der Waals surface area (Å²) in [6.45, 7) is 16.2. The van der Waals surface area contributed by atoms with Crippen molar-refractivity contribution in [1.29, 1.82) is 0 Å². The molecule has 3 heterocycles. The van der Waals surface area contributed by atoms with Crippen molar-refractivity contribution in [2.45, 2.75) is 121 Å². The number of anilines is 1. The third-order valence-corrected chi connectivity index (χ3v) is 7.17. The summed E-state index contributed by atoms with van der Waals surface area (Å²) in [6.07, 6.45) is 4.63. The number of rotatable bonds is 5. The normalized spacial score (nSPS) is 26.1. The van der Waals surface area contributed by atoms with Gasteiger partial charge in [0.25, 0.3) is 0 Å². The van der Waals surface area contributed by atoms with Crippen molar-refractivity contribution in [3.8, 4) is 6.01 Å². The number of ether oxygens (including phenoxy) is 1. The van der Waals surface area contributed by atoms with Crippen LogP contribution < -0.4 is 10.1 Å². The van der Waals surface area contributed by atoms with Gasteiger partial charge in [-0.05, 0) is 74.5 Å². The van der Waals surface area contributed by atoms with Gasteiger partial charge >= 0.3 is 6.01 Å². The van der Waals surface area contributed by atoms with Gasteiger partial charge in [-0.2, -0.15) is 25.1 Å². The summed E-state index contributed by atoms with van der Waals surface area (Å²) < 4.78 is 6.24. The summed E-state index contributed by atoms with van der Waals surface area (Å²) >= 11 is 1.44. The Kier molecular flexibility index (Phi) is 6.78. The third-order valence-electron chi connectivity index (χ3n) is 6.62. The maximum absolute atomic E-state index is 10.6. The molecule has 0 spiro atoms. The van der Waals surface area contributed by atoms with Crippen LogP contribution in [0.3, 0.4) is 0 Å². The van der Waals surface area contributed by atoms with Gasteiger partial charge in [0, 0.05) is 41.0 Å². The molecule has 0 atom stereocenters. The predicted molar refractivity (Wildman–Crippen MR) is 125 cm³/mol. The smallest absolute Gasteiger partial charge is 0.322 e. The zero-order valence-corrected chi connectivity index (χ0v) is 21.7. The molecule has 1 aromatic rings. The number of hydrogen-bond acceptors (Lipinski definition) is 10. The zero-order valence-electron chi connectivity index (χ0n) is 20.9. The highest BCUT2D eigenvalue weighted by Crippen LogP contribution is 2.39. The molecule has 32 heavy (non-hydrogen) atoms. The number of hydroxylamine groups is 4. The minimum atomic E-state index is -0.418. The lowest BCUT2D eigenvalue weighted by Gasteiger charge is -2.51. The molecule has 0 amide bonds. The molecule has 2 aliphatic rings. The largest absolute Gasteiger partial charge is 0.460 e. The van der Waals surface area contributed by atoms with Gasteiger partial charge in [0.1, 0.15) is 6.10 Å². The van der Waals surface area contributed by atoms with Crippen molar-refractivity contribution < 1.29 is 15.2 Å². The van der Waals surface area contributed by atoms with E-state index in [0.717, 1.165) is 12.8 Å². The Morgan fingerprint density at radius 3 is 1.75 bits per heavy atom. The van der Waals surface area contributed by atoms with E-state index in [-0.39, 0.29) is 23.2 Å². The molecule has 0 aromatic carbocycles. The van der Waals surface area contributed by atoms with Crippen LogP contribution in [-0.2, 0) is 0 Å². The van der Waals surface area contributed by atoms with Crippen LogP contribution in [0.2, 0.25) is 0 Å². The standard InChI is InChI=1S/C22H40N6O3S/c1-19(2)10-14(11-20(3,4)27(19)29)23-16-24-17(26-18(25-16)32-9)31-15-12-21(5,6)28(30)22(7,8)13-15/h14-15,29-30H,10-13H2,1-9H3,(H,23,24,25,26). The first-order valence-electron chi connectivity index (χ1n) is 11.3. The highest BCUT2D eigenvalue weighted by atomic mass is 32.2. The second kappa shape index (κ2) is 8.54. The molecular weight excluding hydrogens is 428 g/mol. The van der Waals surface area contributed by atoms with Crippen molar-refractivity contribution in [3.05, 3.63) is 0 Å². The second-order valence-corrected chi connectivity index (χ2v) is 12.5. The van der Waals surface area contributed by atoms with Crippen LogP contribution >= 0.6 is 11.8 Å². The predicted octanol–water partition coefficient (Wildman–Crippen LogP) is 4.21. The molecule has 0 saturated carbocycles. The zero-order chi connectivity index (χ0) is 24.1. The quantitative estimate of drug-likeness (QED) is 0.544. The SMILES string of the molecule is CSc1nc(NC2CC(C)(C)N(O)C(C)(C)C2)nc(OC2CC(C)(C)N(O)C(C)(C)C2)n1. The highest BCUT2D eigenvalue weighted by Gasteiger charge is 2.47. The Morgan fingerprint density at radius 2 is 1.28 bits per heavy atom. The highest BCUT2D eigenvalue weighted by molar-refractivity contribution is 7.98. The fourth-order valence-electron chi connectivity index (χ4n) is 5.51. The van der Waals surface area contributed by atoms with E-state index < -0.39 is 11.1 Å². The Bertz CT molecular complexity index is 734. The van der Waals surface area contributed by atoms with Gasteiger partial charge in [0.2, 0.25) is 5.95 Å². The molecule has 0 unspecified atom stereocenters. The molecule has 1 aromatic heterocycles. The van der Waals surface area contributed by atoms with Gasteiger partial charge in [-0.15, -0.1) is 0 Å². The molecule has 0 bridgehead atoms. The van der Waals surface area contributed by atoms with Crippen LogP contribution in [0.15, 0.2) is 5.16 Å². The minimum Gasteiger partial charge on any atom is -0.460 e. The van der Waals surface area contributed by atoms with Gasteiger partial charge in [0.05, 0.1) is 0 Å². The minimum absolute atomic E-state index is 0.101. The van der Waals surface area contributed by atoms with Crippen molar-refractivity contribution in [1.82, 2.24) is 25.1 Å². The second-order valence-electron chi connectivity index (χ2n) is 11.7. The summed E-state index contributed by atoms with van der Waals surface area (Å²) in [5.41, 5.74) is -1.58. The van der Waals surface area contributed by atoms with Crippen LogP contribution in [0.4, 0.5) is 5.95 Å². The topological polar surface area (TPSA) is 107 Å². The van der Waals surface area contributed by atoms with E-state index in [1.54, 1.807) is 0 Å². The lowest BCUT2D eigenvalue weighted by atomic mass is 9.79. The van der Waals surface area contributed by atoms with Crippen LogP contribution in [-0.4, -0.2) is 76.1 Å². The molecule has 0 radical (unpaired) electrons. The van der Waals surface area contributed by atoms with Crippen molar-refractivity contribution >= 4 is 17.7 Å². The first-order valence-corrected chi connectivity index (χ1v) is 12.5. The summed E-state index contributed by atoms with van der Waals surface area (Å²) in [4.78, 5) is 13.6. The Labute approximate surface area is 196 Å². The van der Waals surface area contributed by atoms with Crippen LogP contribution in [0.1, 0.15) is 81.1 Å². The molecule has 9 nitrogen and oxygen atoms in total. The molecule has 2 aliphatic heterocycles. The van der Waals surface area contributed by atoms with E-state index in [9.17, 15) is 10.4 Å². The first-order chi connectivity index (χ1) is 14.6. The number of aromatic nitrogens is 3. The van der Waals surface area contributed by atoms with Gasteiger partial charge in [-0.1, -0.05) is 11.8 Å². The van der Waals surface area contributed by atoms with Gasteiger partial charge in [-0.3, -0.25) is 0 Å². The van der Waals surface area contributed by atoms with E-state index in [1.165, 1.54) is 21.9 Å². The summed E-state index contributed by atoms with van der Waals surface area (Å²) in [7, 11) is 0. The van der Waals surface area contributed by atoms with Gasteiger partial charge in [-0.25, -0.2) is 0 Å². The monoisotopic (exact) mass is 468 g/mol. The van der Waals surface area contributed by atoms with Gasteiger partial charge in [0.15, 0.2) is 5.16 Å². The summed E-state index contributed by atoms with van der Waals surface area (Å²) in [5.74, 6) is 0.487. The number of hydrogen-bond donors (Lipinski definition) is 3. The van der Waals surface area contributed by atoms with E-state index in [1.807, 2.05) is 61.6 Å². The Morgan fingerprint density at radius 1 is 0.812 bits per heavy atom. The molecular formula is C22H40N6O3S. The van der Waals surface area contributed by atoms with Crippen molar-refractivity contribution in [3.63, 3.8) is 0 Å². The van der Waals surface area contributed by atoms with E-state index in [2.05, 4.69) is 20.3 Å². The molecule has 2 fully saturated rings. The van der Waals surface area contributed by atoms with Crippen LogP contribution in [0.5, 0.6) is 6.01 Å². The average Bonchev–Trinajstić information content (AvgIpc) is 2.63. The third kappa shape index (κ3) is 5.30. The number of nitrogens with zero attached hydrogens (tertiary/aromatic N) is 5. The molecule has 0 aliphatic carbocycles. The number of thioether (sulfide) groups is 1. The van der Waals surface area contributed by atoms with E-state index in [0.29, 0.717) is 30.0 Å². The number of piperidine rings is 2. The lowest BCUT2D eigenvalue weighted by molar-refractivity contribution is -0.255. The van der Waals surface area contributed by atoms with E-state index in [4.69, 9.17) is 4.74 Å². The average molecular weight is 469 g/mol. The molecule has 182 valence electrons. The van der Waals surface area contributed by atoms with Crippen molar-refractivity contribution in [2.75, 3.05) is 11.6 Å². The van der Waals surface area contributed by atoms with Gasteiger partial charge < -0.3 is 20.5 Å². The lowest BCUT2D eigenvalue weighted by Crippen LogP contribution is -2.61. The van der Waals surface area contributed by atoms with Crippen LogP contribution in [0.25, 0.3) is 0 Å². The molecule has 3 N–H and O–H groups in total. The Hall–Kier alpha value is -1.20. The number of nitrogens with one attached hydrogen (secondary N) is 1. The fourth-order valence-corrected chi connectivity index (χ4v) is 5.86. The first kappa shape index (κ1) is 25.4.